The summed E-state index contributed by atoms with van der Waals surface area (Å²) >= 11 is 0. The molecule has 0 saturated carbocycles. The molecule has 24 heavy (non-hydrogen) atoms. The van der Waals surface area contributed by atoms with E-state index in [1.54, 1.807) is 12.1 Å². The van der Waals surface area contributed by atoms with Crippen LogP contribution >= 0.6 is 0 Å². The number of hydrogen-bond donors (Lipinski definition) is 1. The van der Waals surface area contributed by atoms with Crippen molar-refractivity contribution in [3.05, 3.63) is 35.9 Å². The van der Waals surface area contributed by atoms with Gasteiger partial charge in [0.25, 0.3) is 0 Å². The van der Waals surface area contributed by atoms with E-state index in [0.29, 0.717) is 17.6 Å². The Morgan fingerprint density at radius 1 is 1.08 bits per heavy atom. The molecule has 2 bridgehead atoms. The summed E-state index contributed by atoms with van der Waals surface area (Å²) in [6, 6.07) is 10.4. The lowest BCUT2D eigenvalue weighted by atomic mass is 9.96. The van der Waals surface area contributed by atoms with Crippen LogP contribution < -0.4 is 12.4 Å². The summed E-state index contributed by atoms with van der Waals surface area (Å²) in [6.45, 7) is 2.64. The van der Waals surface area contributed by atoms with Gasteiger partial charge in [-0.3, -0.25) is 0 Å². The fourth-order valence-electron chi connectivity index (χ4n) is 5.31. The van der Waals surface area contributed by atoms with Crippen molar-refractivity contribution in [3.63, 3.8) is 0 Å². The van der Waals surface area contributed by atoms with Gasteiger partial charge in [0, 0.05) is 38.5 Å². The number of hydrogen-bond acceptors (Lipinski definition) is 3. The summed E-state index contributed by atoms with van der Waals surface area (Å²) in [4.78, 5) is 12.3. The van der Waals surface area contributed by atoms with Crippen LogP contribution in [0.25, 0.3) is 0 Å². The summed E-state index contributed by atoms with van der Waals surface area (Å²) in [5.41, 5.74) is 0.610. The van der Waals surface area contributed by atoms with E-state index in [9.17, 15) is 9.90 Å². The minimum atomic E-state index is -1.16. The number of rotatable bonds is 3. The van der Waals surface area contributed by atoms with Crippen molar-refractivity contribution < 1.29 is 31.5 Å². The molecule has 3 aliphatic rings. The Morgan fingerprint density at radius 2 is 1.67 bits per heavy atom. The molecule has 5 heteroatoms. The van der Waals surface area contributed by atoms with Crippen molar-refractivity contribution in [2.45, 2.75) is 62.8 Å². The number of aliphatic hydroxyl groups is 1. The molecule has 132 valence electrons. The molecule has 4 nitrogen and oxygen atoms in total. The van der Waals surface area contributed by atoms with Gasteiger partial charge >= 0.3 is 5.97 Å². The SMILES string of the molecule is O=C(OC1CC2CCC(C1)[N+]21CCCC1)C(O)c1ccccc1.[Cl-]. The predicted octanol–water partition coefficient (Wildman–Crippen LogP) is -0.429. The monoisotopic (exact) mass is 351 g/mol. The third-order valence-electron chi connectivity index (χ3n) is 6.38. The van der Waals surface area contributed by atoms with Crippen LogP contribution in [0.4, 0.5) is 0 Å². The van der Waals surface area contributed by atoms with Crippen molar-refractivity contribution in [3.8, 4) is 0 Å². The second kappa shape index (κ2) is 7.03. The number of esters is 1. The molecule has 0 aromatic heterocycles. The summed E-state index contributed by atoms with van der Waals surface area (Å²) < 4.78 is 6.99. The smallest absolute Gasteiger partial charge is 0.339 e. The molecule has 4 rings (SSSR count). The van der Waals surface area contributed by atoms with Crippen LogP contribution in [0.1, 0.15) is 50.2 Å². The predicted molar refractivity (Wildman–Crippen MR) is 86.6 cm³/mol. The second-order valence-electron chi connectivity index (χ2n) is 7.49. The van der Waals surface area contributed by atoms with Crippen molar-refractivity contribution in [1.82, 2.24) is 0 Å². The van der Waals surface area contributed by atoms with E-state index in [0.717, 1.165) is 12.8 Å². The standard InChI is InChI=1S/C19H26NO3.ClH/c21-18(14-6-2-1-3-7-14)19(22)23-17-12-15-8-9-16(13-17)20(15)10-4-5-11-20;/h1-3,6-7,15-18,21H,4-5,8-13H2;1H/q+1;/p-1. The van der Waals surface area contributed by atoms with Crippen LogP contribution in [0.3, 0.4) is 0 Å². The van der Waals surface area contributed by atoms with Gasteiger partial charge in [-0.05, 0) is 5.56 Å². The summed E-state index contributed by atoms with van der Waals surface area (Å²) in [6.07, 6.45) is 6.04. The molecule has 3 aliphatic heterocycles. The van der Waals surface area contributed by atoms with E-state index < -0.39 is 12.1 Å². The Balaban J connectivity index is 0.00000169. The Bertz CT molecular complexity index is 557. The molecule has 1 aromatic rings. The van der Waals surface area contributed by atoms with Crippen LogP contribution in [0.2, 0.25) is 0 Å². The number of nitrogens with zero attached hydrogens (tertiary/aromatic N) is 1. The van der Waals surface area contributed by atoms with E-state index in [4.69, 9.17) is 4.74 Å². The van der Waals surface area contributed by atoms with Gasteiger partial charge in [0.1, 0.15) is 6.10 Å². The molecule has 3 fully saturated rings. The number of halogens is 1. The Labute approximate surface area is 149 Å². The first-order chi connectivity index (χ1) is 11.2. The van der Waals surface area contributed by atoms with Crippen molar-refractivity contribution in [2.24, 2.45) is 0 Å². The summed E-state index contributed by atoms with van der Waals surface area (Å²) in [5, 5.41) is 10.2. The normalized spacial score (nSPS) is 31.5. The molecule has 0 amide bonds. The van der Waals surface area contributed by atoms with Gasteiger partial charge in [0.05, 0.1) is 25.2 Å². The van der Waals surface area contributed by atoms with E-state index in [-0.39, 0.29) is 18.5 Å². The van der Waals surface area contributed by atoms with Crippen molar-refractivity contribution in [2.75, 3.05) is 13.1 Å². The van der Waals surface area contributed by atoms with E-state index in [2.05, 4.69) is 0 Å². The molecule has 1 N–H and O–H groups in total. The lowest BCUT2D eigenvalue weighted by Crippen LogP contribution is -3.00. The molecule has 1 spiro atoms. The highest BCUT2D eigenvalue weighted by atomic mass is 35.5. The largest absolute Gasteiger partial charge is 1.00 e. The Morgan fingerprint density at radius 3 is 2.25 bits per heavy atom. The highest BCUT2D eigenvalue weighted by molar-refractivity contribution is 5.76. The number of piperidine rings is 1. The maximum Gasteiger partial charge on any atom is 0.339 e. The Kier molecular flexibility index (Phi) is 5.19. The van der Waals surface area contributed by atoms with Gasteiger partial charge < -0.3 is 26.7 Å². The van der Waals surface area contributed by atoms with Crippen LogP contribution in [0.5, 0.6) is 0 Å². The molecular formula is C19H26ClNO3. The zero-order valence-corrected chi connectivity index (χ0v) is 14.7. The maximum absolute atomic E-state index is 12.3. The van der Waals surface area contributed by atoms with Gasteiger partial charge in [-0.2, -0.15) is 0 Å². The van der Waals surface area contributed by atoms with E-state index in [1.807, 2.05) is 18.2 Å². The lowest BCUT2D eigenvalue weighted by Gasteiger charge is -2.46. The maximum atomic E-state index is 12.3. The molecular weight excluding hydrogens is 326 g/mol. The number of quaternary nitrogens is 1. The zero-order chi connectivity index (χ0) is 15.9. The molecule has 3 atom stereocenters. The number of carbonyl (C=O) groups excluding carboxylic acids is 1. The summed E-state index contributed by atoms with van der Waals surface area (Å²) in [7, 11) is 0. The second-order valence-corrected chi connectivity index (χ2v) is 7.49. The highest BCUT2D eigenvalue weighted by Gasteiger charge is 2.55. The average Bonchev–Trinajstić information content (AvgIpc) is 3.12. The average molecular weight is 352 g/mol. The number of ether oxygens (including phenoxy) is 1. The van der Waals surface area contributed by atoms with Gasteiger partial charge in [-0.1, -0.05) is 30.3 Å². The molecule has 0 radical (unpaired) electrons. The molecule has 0 aliphatic carbocycles. The topological polar surface area (TPSA) is 46.5 Å². The van der Waals surface area contributed by atoms with E-state index >= 15 is 0 Å². The minimum absolute atomic E-state index is 0. The molecule has 3 heterocycles. The van der Waals surface area contributed by atoms with Gasteiger partial charge in [-0.15, -0.1) is 0 Å². The van der Waals surface area contributed by atoms with Crippen molar-refractivity contribution in [1.29, 1.82) is 0 Å². The van der Waals surface area contributed by atoms with Crippen LogP contribution in [0.15, 0.2) is 30.3 Å². The van der Waals surface area contributed by atoms with Crippen LogP contribution in [-0.2, 0) is 9.53 Å². The fraction of sp³-hybridized carbons (Fsp3) is 0.632. The molecule has 1 aromatic carbocycles. The number of carbonyl (C=O) groups is 1. The first kappa shape index (κ1) is 17.7. The lowest BCUT2D eigenvalue weighted by molar-refractivity contribution is -0.956. The zero-order valence-electron chi connectivity index (χ0n) is 13.9. The third-order valence-corrected chi connectivity index (χ3v) is 6.38. The molecule has 3 saturated heterocycles. The quantitative estimate of drug-likeness (QED) is 0.594. The molecule has 3 unspecified atom stereocenters. The first-order valence-corrected chi connectivity index (χ1v) is 8.99. The van der Waals surface area contributed by atoms with Crippen LogP contribution in [-0.4, -0.2) is 46.8 Å². The minimum Gasteiger partial charge on any atom is -1.00 e. The summed E-state index contributed by atoms with van der Waals surface area (Å²) in [5.74, 6) is -0.490. The van der Waals surface area contributed by atoms with Gasteiger partial charge in [-0.25, -0.2) is 4.79 Å². The Hall–Kier alpha value is -1.10. The van der Waals surface area contributed by atoms with Gasteiger partial charge in [0.15, 0.2) is 6.10 Å². The van der Waals surface area contributed by atoms with Crippen LogP contribution in [0, 0.1) is 0 Å². The van der Waals surface area contributed by atoms with Crippen molar-refractivity contribution >= 4 is 5.97 Å². The number of aliphatic hydroxyl groups excluding tert-OH is 1. The number of benzene rings is 1. The first-order valence-electron chi connectivity index (χ1n) is 8.99. The fourth-order valence-corrected chi connectivity index (χ4v) is 5.31. The van der Waals surface area contributed by atoms with E-state index in [1.165, 1.54) is 43.3 Å². The van der Waals surface area contributed by atoms with Gasteiger partial charge in [0.2, 0.25) is 0 Å². The third kappa shape index (κ3) is 2.96. The highest BCUT2D eigenvalue weighted by Crippen LogP contribution is 2.46.